The highest BCUT2D eigenvalue weighted by atomic mass is 15.2. The highest BCUT2D eigenvalue weighted by Crippen LogP contribution is 2.62. The number of aryl methyl sites for hydroxylation is 1. The molecule has 0 fully saturated rings. The molecule has 0 amide bonds. The summed E-state index contributed by atoms with van der Waals surface area (Å²) < 4.78 is 0. The summed E-state index contributed by atoms with van der Waals surface area (Å²) in [7, 11) is 0. The Morgan fingerprint density at radius 3 is 1.72 bits per heavy atom. The lowest BCUT2D eigenvalue weighted by Gasteiger charge is -2.48. The van der Waals surface area contributed by atoms with E-state index < -0.39 is 0 Å². The highest BCUT2D eigenvalue weighted by Gasteiger charge is 2.57. The summed E-state index contributed by atoms with van der Waals surface area (Å²) in [5, 5.41) is 0. The van der Waals surface area contributed by atoms with Crippen molar-refractivity contribution in [3.8, 4) is 0 Å². The van der Waals surface area contributed by atoms with Gasteiger partial charge >= 0.3 is 0 Å². The molecule has 0 saturated carbocycles. The van der Waals surface area contributed by atoms with E-state index in [4.69, 9.17) is 0 Å². The molecule has 0 aromatic heterocycles. The van der Waals surface area contributed by atoms with Crippen LogP contribution in [0.2, 0.25) is 0 Å². The number of nitrogens with zero attached hydrogens (tertiary/aromatic N) is 2. The summed E-state index contributed by atoms with van der Waals surface area (Å²) in [6.07, 6.45) is 3.49. The largest absolute Gasteiger partial charge is 0.314 e. The van der Waals surface area contributed by atoms with Gasteiger partial charge in [0.1, 0.15) is 0 Å². The van der Waals surface area contributed by atoms with Crippen molar-refractivity contribution >= 4 is 46.1 Å². The van der Waals surface area contributed by atoms with Gasteiger partial charge in [0.2, 0.25) is 6.71 Å². The van der Waals surface area contributed by atoms with Crippen molar-refractivity contribution in [1.82, 2.24) is 0 Å². The quantitative estimate of drug-likeness (QED) is 0.165. The summed E-state index contributed by atoms with van der Waals surface area (Å²) in [6.45, 7) is 24.0. The summed E-state index contributed by atoms with van der Waals surface area (Å²) >= 11 is 0. The molecule has 11 rings (SSSR count). The maximum Gasteiger partial charge on any atom is 0.249 e. The van der Waals surface area contributed by atoms with Crippen LogP contribution in [-0.4, -0.2) is 6.71 Å². The lowest BCUT2D eigenvalue weighted by molar-refractivity contribution is 0.590. The molecule has 304 valence electrons. The van der Waals surface area contributed by atoms with Crippen molar-refractivity contribution in [1.29, 1.82) is 0 Å². The van der Waals surface area contributed by atoms with Crippen molar-refractivity contribution in [2.24, 2.45) is 0 Å². The zero-order chi connectivity index (χ0) is 42.4. The first kappa shape index (κ1) is 38.4. The van der Waals surface area contributed by atoms with Crippen molar-refractivity contribution in [2.75, 3.05) is 9.80 Å². The minimum absolute atomic E-state index is 0.0555. The lowest BCUT2D eigenvalue weighted by Crippen LogP contribution is -2.52. The maximum absolute atomic E-state index is 2.72. The van der Waals surface area contributed by atoms with E-state index in [9.17, 15) is 0 Å². The lowest BCUT2D eigenvalue weighted by atomic mass is 9.29. The average Bonchev–Trinajstić information content (AvgIpc) is 3.63. The van der Waals surface area contributed by atoms with Gasteiger partial charge in [-0.3, -0.25) is 0 Å². The molecule has 1 unspecified atom stereocenters. The van der Waals surface area contributed by atoms with Crippen molar-refractivity contribution in [3.63, 3.8) is 0 Å². The van der Waals surface area contributed by atoms with E-state index >= 15 is 0 Å². The number of hydrogen-bond donors (Lipinski definition) is 0. The van der Waals surface area contributed by atoms with E-state index in [2.05, 4.69) is 212 Å². The van der Waals surface area contributed by atoms with Gasteiger partial charge in [-0.2, -0.15) is 0 Å². The number of benzene rings is 6. The molecule has 0 bridgehead atoms. The number of allylic oxidation sites excluding steroid dienone is 2. The first-order chi connectivity index (χ1) is 29.1. The van der Waals surface area contributed by atoms with Gasteiger partial charge in [0.15, 0.2) is 0 Å². The molecule has 61 heavy (non-hydrogen) atoms. The Morgan fingerprint density at radius 2 is 1.10 bits per heavy atom. The Hall–Kier alpha value is -5.54. The van der Waals surface area contributed by atoms with Crippen molar-refractivity contribution in [3.05, 3.63) is 195 Å². The first-order valence-corrected chi connectivity index (χ1v) is 22.8. The van der Waals surface area contributed by atoms with E-state index in [1.54, 1.807) is 0 Å². The molecular formula is C58H59BN2. The summed E-state index contributed by atoms with van der Waals surface area (Å²) in [6, 6.07) is 52.3. The first-order valence-electron chi connectivity index (χ1n) is 22.8. The Labute approximate surface area is 365 Å². The van der Waals surface area contributed by atoms with Crippen LogP contribution in [0.15, 0.2) is 145 Å². The molecule has 6 aromatic carbocycles. The summed E-state index contributed by atoms with van der Waals surface area (Å²) in [5.74, 6) is 0.312. The predicted octanol–water partition coefficient (Wildman–Crippen LogP) is 14.2. The third kappa shape index (κ3) is 5.48. The molecule has 0 spiro atoms. The fraction of sp³-hybridized carbons (Fsp3) is 0.310. The number of fused-ring (bicyclic) bond motifs is 7. The van der Waals surface area contributed by atoms with Gasteiger partial charge in [0, 0.05) is 56.5 Å². The van der Waals surface area contributed by atoms with Gasteiger partial charge in [0.05, 0.1) is 0 Å². The van der Waals surface area contributed by atoms with Crippen LogP contribution in [0.4, 0.5) is 22.7 Å². The number of rotatable bonds is 3. The van der Waals surface area contributed by atoms with E-state index in [1.807, 2.05) is 0 Å². The Balaban J connectivity index is 1.29. The monoisotopic (exact) mass is 794 g/mol. The summed E-state index contributed by atoms with van der Waals surface area (Å²) in [5.41, 5.74) is 24.7. The number of hydrogen-bond acceptors (Lipinski definition) is 2. The van der Waals surface area contributed by atoms with Crippen LogP contribution < -0.4 is 15.3 Å². The van der Waals surface area contributed by atoms with Gasteiger partial charge in [-0.25, -0.2) is 0 Å². The molecule has 2 heterocycles. The standard InChI is InChI=1S/C58H59BN2/c1-55(2,3)38-26-30-40(31-27-38)60-48-34-37(43-23-17-19-36-18-11-12-20-42(36)43)35-49-51(48)59(53-52(60)45-22-14-16-25-47(45)57(53,7)8)50-44-21-13-15-24-46(44)58(9,10)54(50)61(49)41-32-28-39(29-33-41)56(4,5)6/h11-16,18,20-22,24-35,43H,17,19,23H2,1-10H3. The van der Waals surface area contributed by atoms with Gasteiger partial charge < -0.3 is 9.80 Å². The van der Waals surface area contributed by atoms with E-state index in [0.29, 0.717) is 5.92 Å². The van der Waals surface area contributed by atoms with E-state index in [1.165, 1.54) is 107 Å². The Kier molecular flexibility index (Phi) is 8.18. The number of anilines is 4. The maximum atomic E-state index is 2.72. The second-order valence-corrected chi connectivity index (χ2v) is 21.7. The third-order valence-electron chi connectivity index (χ3n) is 15.2. The normalized spacial score (nSPS) is 19.3. The van der Waals surface area contributed by atoms with Gasteiger partial charge in [-0.15, -0.1) is 0 Å². The summed E-state index contributed by atoms with van der Waals surface area (Å²) in [4.78, 5) is 5.41. The topological polar surface area (TPSA) is 6.48 Å². The van der Waals surface area contributed by atoms with Crippen molar-refractivity contribution in [2.45, 2.75) is 116 Å². The van der Waals surface area contributed by atoms with Gasteiger partial charge in [0.25, 0.3) is 0 Å². The fourth-order valence-electron chi connectivity index (χ4n) is 12.1. The molecule has 0 N–H and O–H groups in total. The second kappa shape index (κ2) is 13.0. The molecule has 3 aliphatic carbocycles. The smallest absolute Gasteiger partial charge is 0.249 e. The SMILES string of the molecule is CC(C)(C)c1ccc(N2C3=C(B4C5=C(N(c6ccc(C(C)(C)C)cc6)c6cc(C7CCCc8ccccc87)cc2c64)C(C)(C)c2ccccc25)C(C)(C)c2ccccc23)cc1. The third-order valence-corrected chi connectivity index (χ3v) is 15.2. The molecular weight excluding hydrogens is 735 g/mol. The average molecular weight is 795 g/mol. The molecule has 2 nitrogen and oxygen atoms in total. The van der Waals surface area contributed by atoms with Crippen molar-refractivity contribution < 1.29 is 0 Å². The zero-order valence-electron chi connectivity index (χ0n) is 37.9. The molecule has 0 radical (unpaired) electrons. The van der Waals surface area contributed by atoms with Crippen LogP contribution in [0.3, 0.4) is 0 Å². The van der Waals surface area contributed by atoms with Crippen LogP contribution >= 0.6 is 0 Å². The predicted molar refractivity (Wildman–Crippen MR) is 260 cm³/mol. The zero-order valence-corrected chi connectivity index (χ0v) is 37.9. The Bertz CT molecular complexity index is 2850. The van der Waals surface area contributed by atoms with E-state index in [-0.39, 0.29) is 28.4 Å². The van der Waals surface area contributed by atoms with Crippen LogP contribution in [0, 0.1) is 0 Å². The fourth-order valence-corrected chi connectivity index (χ4v) is 12.1. The van der Waals surface area contributed by atoms with Crippen LogP contribution in [0.25, 0.3) is 11.2 Å². The molecule has 5 aliphatic rings. The highest BCUT2D eigenvalue weighted by molar-refractivity contribution is 6.99. The van der Waals surface area contributed by atoms with Crippen LogP contribution in [0.5, 0.6) is 0 Å². The van der Waals surface area contributed by atoms with Crippen LogP contribution in [0.1, 0.15) is 138 Å². The molecule has 0 saturated heterocycles. The Morgan fingerprint density at radius 1 is 0.574 bits per heavy atom. The second-order valence-electron chi connectivity index (χ2n) is 21.7. The van der Waals surface area contributed by atoms with Gasteiger partial charge in [-0.05, 0) is 122 Å². The minimum atomic E-state index is -0.240. The molecule has 1 atom stereocenters. The molecule has 6 aromatic rings. The minimum Gasteiger partial charge on any atom is -0.314 e. The van der Waals surface area contributed by atoms with Crippen LogP contribution in [-0.2, 0) is 28.1 Å². The van der Waals surface area contributed by atoms with Gasteiger partial charge in [-0.1, -0.05) is 172 Å². The molecule has 2 aliphatic heterocycles. The molecule has 3 heteroatoms. The van der Waals surface area contributed by atoms with E-state index in [0.717, 1.165) is 12.8 Å².